The smallest absolute Gasteiger partial charge is 0.261 e. The number of aromatic amines is 1. The molecule has 2 aromatic rings. The average molecular weight is 363 g/mol. The van der Waals surface area contributed by atoms with Gasteiger partial charge in [0.2, 0.25) is 0 Å². The molecule has 6 nitrogen and oxygen atoms in total. The molecule has 0 aliphatic rings. The van der Waals surface area contributed by atoms with Crippen LogP contribution in [0.4, 0.5) is 0 Å². The molecule has 1 amide bonds. The standard InChI is InChI=1S/C18H25N3O3S/c1-10(2)14(22)18(3,4)9-19-15(23)11-6-7-12-13(8-11)20-17(25)21(5)16(12)24/h6-8,10,14,22H,9H2,1-5H3,(H,19,23)(H,20,25)/t14-/m0/s1. The molecule has 1 atom stereocenters. The van der Waals surface area contributed by atoms with E-state index in [1.165, 1.54) is 4.57 Å². The van der Waals surface area contributed by atoms with Crippen molar-refractivity contribution < 1.29 is 9.90 Å². The number of aromatic nitrogens is 2. The fraction of sp³-hybridized carbons (Fsp3) is 0.500. The normalized spacial score (nSPS) is 13.2. The molecule has 0 unspecified atom stereocenters. The molecule has 0 radical (unpaired) electrons. The van der Waals surface area contributed by atoms with Crippen molar-refractivity contribution >= 4 is 29.0 Å². The summed E-state index contributed by atoms with van der Waals surface area (Å²) in [6.45, 7) is 8.06. The van der Waals surface area contributed by atoms with E-state index in [0.717, 1.165) is 0 Å². The van der Waals surface area contributed by atoms with E-state index in [2.05, 4.69) is 10.3 Å². The Kier molecular flexibility index (Phi) is 5.49. The summed E-state index contributed by atoms with van der Waals surface area (Å²) >= 11 is 5.11. The Bertz CT molecular complexity index is 912. The third kappa shape index (κ3) is 3.99. The number of nitrogens with one attached hydrogen (secondary N) is 2. The molecule has 136 valence electrons. The molecule has 0 fully saturated rings. The molecule has 1 heterocycles. The van der Waals surface area contributed by atoms with Crippen molar-refractivity contribution in [2.75, 3.05) is 6.54 Å². The number of hydrogen-bond acceptors (Lipinski definition) is 4. The van der Waals surface area contributed by atoms with Crippen molar-refractivity contribution in [1.82, 2.24) is 14.9 Å². The first kappa shape index (κ1) is 19.3. The van der Waals surface area contributed by atoms with Crippen molar-refractivity contribution in [3.63, 3.8) is 0 Å². The number of H-pyrrole nitrogens is 1. The molecule has 1 aromatic carbocycles. The summed E-state index contributed by atoms with van der Waals surface area (Å²) < 4.78 is 1.66. The van der Waals surface area contributed by atoms with Crippen molar-refractivity contribution in [1.29, 1.82) is 0 Å². The predicted molar refractivity (Wildman–Crippen MR) is 101 cm³/mol. The Morgan fingerprint density at radius 2 is 2.04 bits per heavy atom. The van der Waals surface area contributed by atoms with Gasteiger partial charge in [-0.05, 0) is 36.3 Å². The maximum Gasteiger partial charge on any atom is 0.261 e. The average Bonchev–Trinajstić information content (AvgIpc) is 2.56. The monoisotopic (exact) mass is 363 g/mol. The van der Waals surface area contributed by atoms with E-state index < -0.39 is 11.5 Å². The summed E-state index contributed by atoms with van der Waals surface area (Å²) in [5, 5.41) is 13.6. The lowest BCUT2D eigenvalue weighted by Crippen LogP contribution is -2.43. The topological polar surface area (TPSA) is 87.1 Å². The Morgan fingerprint density at radius 1 is 1.40 bits per heavy atom. The summed E-state index contributed by atoms with van der Waals surface area (Å²) in [6, 6.07) is 4.85. The van der Waals surface area contributed by atoms with Gasteiger partial charge in [-0.15, -0.1) is 0 Å². The number of amides is 1. The van der Waals surface area contributed by atoms with Crippen LogP contribution in [-0.4, -0.2) is 33.2 Å². The SMILES string of the molecule is CC(C)[C@H](O)C(C)(C)CNC(=O)c1ccc2c(=O)n(C)c(=S)[nH]c2c1. The molecule has 25 heavy (non-hydrogen) atoms. The minimum Gasteiger partial charge on any atom is -0.392 e. The number of aliphatic hydroxyl groups excluding tert-OH is 1. The summed E-state index contributed by atoms with van der Waals surface area (Å²) in [5.41, 5.74) is 0.312. The van der Waals surface area contributed by atoms with E-state index >= 15 is 0 Å². The van der Waals surface area contributed by atoms with Gasteiger partial charge in [0.1, 0.15) is 0 Å². The molecular weight excluding hydrogens is 338 g/mol. The molecule has 0 saturated heterocycles. The van der Waals surface area contributed by atoms with Gasteiger partial charge in [-0.3, -0.25) is 14.2 Å². The highest BCUT2D eigenvalue weighted by Gasteiger charge is 2.30. The second-order valence-electron chi connectivity index (χ2n) is 7.41. The number of fused-ring (bicyclic) bond motifs is 1. The highest BCUT2D eigenvalue weighted by molar-refractivity contribution is 7.71. The molecule has 1 aromatic heterocycles. The van der Waals surface area contributed by atoms with Crippen molar-refractivity contribution in [2.24, 2.45) is 18.4 Å². The Balaban J connectivity index is 2.24. The number of benzene rings is 1. The van der Waals surface area contributed by atoms with Crippen LogP contribution in [0, 0.1) is 16.1 Å². The summed E-state index contributed by atoms with van der Waals surface area (Å²) in [6.07, 6.45) is -0.525. The van der Waals surface area contributed by atoms with Gasteiger partial charge in [0, 0.05) is 24.6 Å². The summed E-state index contributed by atoms with van der Waals surface area (Å²) in [5.74, 6) is -0.158. The number of rotatable bonds is 5. The molecule has 0 spiro atoms. The number of hydrogen-bond donors (Lipinski definition) is 3. The lowest BCUT2D eigenvalue weighted by atomic mass is 9.80. The van der Waals surface area contributed by atoms with Crippen LogP contribution in [0.25, 0.3) is 10.9 Å². The van der Waals surface area contributed by atoms with Gasteiger partial charge in [0.25, 0.3) is 11.5 Å². The molecule has 2 rings (SSSR count). The highest BCUT2D eigenvalue weighted by Crippen LogP contribution is 2.25. The quantitative estimate of drug-likeness (QED) is 0.712. The first-order chi connectivity index (χ1) is 11.5. The zero-order chi connectivity index (χ0) is 18.9. The second kappa shape index (κ2) is 7.09. The number of aliphatic hydroxyl groups is 1. The zero-order valence-corrected chi connectivity index (χ0v) is 16.0. The minimum atomic E-state index is -0.525. The van der Waals surface area contributed by atoms with Crippen LogP contribution >= 0.6 is 12.2 Å². The zero-order valence-electron chi connectivity index (χ0n) is 15.2. The first-order valence-corrected chi connectivity index (χ1v) is 8.65. The van der Waals surface area contributed by atoms with Gasteiger partial charge < -0.3 is 15.4 Å². The number of carbonyl (C=O) groups excluding carboxylic acids is 1. The highest BCUT2D eigenvalue weighted by atomic mass is 32.1. The van der Waals surface area contributed by atoms with Crippen molar-refractivity contribution in [2.45, 2.75) is 33.8 Å². The predicted octanol–water partition coefficient (Wildman–Crippen LogP) is 2.37. The number of nitrogens with zero attached hydrogens (tertiary/aromatic N) is 1. The van der Waals surface area contributed by atoms with Gasteiger partial charge >= 0.3 is 0 Å². The lowest BCUT2D eigenvalue weighted by molar-refractivity contribution is 0.0138. The molecule has 3 N–H and O–H groups in total. The first-order valence-electron chi connectivity index (χ1n) is 8.24. The van der Waals surface area contributed by atoms with E-state index in [4.69, 9.17) is 12.2 Å². The van der Waals surface area contributed by atoms with Crippen LogP contribution in [0.3, 0.4) is 0 Å². The van der Waals surface area contributed by atoms with E-state index in [9.17, 15) is 14.7 Å². The fourth-order valence-electron chi connectivity index (χ4n) is 2.86. The summed E-state index contributed by atoms with van der Waals surface area (Å²) in [7, 11) is 1.60. The third-order valence-corrected chi connectivity index (χ3v) is 4.88. The maximum absolute atomic E-state index is 12.4. The van der Waals surface area contributed by atoms with Crippen LogP contribution in [0.15, 0.2) is 23.0 Å². The van der Waals surface area contributed by atoms with E-state index in [-0.39, 0.29) is 17.4 Å². The molecule has 0 aliphatic carbocycles. The Hall–Kier alpha value is -1.99. The van der Waals surface area contributed by atoms with Gasteiger partial charge in [-0.25, -0.2) is 0 Å². The Labute approximate surface area is 151 Å². The molecular formula is C18H25N3O3S. The van der Waals surface area contributed by atoms with Crippen LogP contribution in [0.2, 0.25) is 0 Å². The third-order valence-electron chi connectivity index (χ3n) is 4.50. The van der Waals surface area contributed by atoms with Crippen LogP contribution in [0.5, 0.6) is 0 Å². The Morgan fingerprint density at radius 3 is 2.64 bits per heavy atom. The van der Waals surface area contributed by atoms with Gasteiger partial charge in [0.15, 0.2) is 4.77 Å². The van der Waals surface area contributed by atoms with Crippen LogP contribution in [-0.2, 0) is 7.05 Å². The summed E-state index contributed by atoms with van der Waals surface area (Å²) in [4.78, 5) is 27.6. The van der Waals surface area contributed by atoms with Gasteiger partial charge in [0.05, 0.1) is 17.0 Å². The van der Waals surface area contributed by atoms with Gasteiger partial charge in [-0.2, -0.15) is 0 Å². The minimum absolute atomic E-state index is 0.101. The largest absolute Gasteiger partial charge is 0.392 e. The van der Waals surface area contributed by atoms with Gasteiger partial charge in [-0.1, -0.05) is 27.7 Å². The fourth-order valence-corrected chi connectivity index (χ4v) is 3.06. The molecule has 7 heteroatoms. The van der Waals surface area contributed by atoms with Crippen molar-refractivity contribution in [3.05, 3.63) is 38.9 Å². The van der Waals surface area contributed by atoms with Crippen molar-refractivity contribution in [3.8, 4) is 0 Å². The van der Waals surface area contributed by atoms with Crippen LogP contribution < -0.4 is 10.9 Å². The van der Waals surface area contributed by atoms with E-state index in [1.54, 1.807) is 25.2 Å². The lowest BCUT2D eigenvalue weighted by Gasteiger charge is -2.33. The second-order valence-corrected chi connectivity index (χ2v) is 7.80. The van der Waals surface area contributed by atoms with Crippen LogP contribution in [0.1, 0.15) is 38.1 Å². The maximum atomic E-state index is 12.4. The molecule has 0 saturated carbocycles. The molecule has 0 bridgehead atoms. The van der Waals surface area contributed by atoms with E-state index in [1.807, 2.05) is 27.7 Å². The van der Waals surface area contributed by atoms with E-state index in [0.29, 0.717) is 27.8 Å². The molecule has 0 aliphatic heterocycles. The number of carbonyl (C=O) groups is 1.